The first-order valence-corrected chi connectivity index (χ1v) is 10.8. The van der Waals surface area contributed by atoms with E-state index in [4.69, 9.17) is 19.7 Å². The first-order chi connectivity index (χ1) is 16.3. The number of amides is 1. The van der Waals surface area contributed by atoms with Crippen LogP contribution in [0.2, 0.25) is 0 Å². The minimum Gasteiger partial charge on any atom is -0.493 e. The van der Waals surface area contributed by atoms with Gasteiger partial charge in [0.25, 0.3) is 5.91 Å². The molecule has 0 radical (unpaired) electrons. The molecule has 1 aliphatic heterocycles. The van der Waals surface area contributed by atoms with Crippen molar-refractivity contribution in [2.45, 2.75) is 12.3 Å². The first kappa shape index (κ1) is 26.4. The van der Waals surface area contributed by atoms with E-state index in [1.165, 1.54) is 5.56 Å². The van der Waals surface area contributed by atoms with Crippen LogP contribution in [0.25, 0.3) is 0 Å². The molecule has 1 saturated heterocycles. The Morgan fingerprint density at radius 3 is 2.32 bits per heavy atom. The first-order valence-electron chi connectivity index (χ1n) is 10.8. The van der Waals surface area contributed by atoms with E-state index in [1.807, 2.05) is 0 Å². The number of ether oxygens (including phenoxy) is 2. The number of methoxy groups -OCH3 is 1. The Morgan fingerprint density at radius 1 is 1.06 bits per heavy atom. The third kappa shape index (κ3) is 8.25. The summed E-state index contributed by atoms with van der Waals surface area (Å²) in [5.41, 5.74) is 1.92. The van der Waals surface area contributed by atoms with Gasteiger partial charge in [-0.2, -0.15) is 0 Å². The van der Waals surface area contributed by atoms with Gasteiger partial charge in [-0.25, -0.2) is 9.59 Å². The average molecular weight is 471 g/mol. The molecule has 34 heavy (non-hydrogen) atoms. The molecule has 0 saturated carbocycles. The number of carboxylic acids is 2. The molecule has 2 aromatic rings. The van der Waals surface area contributed by atoms with Crippen LogP contribution in [0.4, 0.5) is 0 Å². The van der Waals surface area contributed by atoms with Crippen molar-refractivity contribution >= 4 is 17.8 Å². The molecule has 9 heteroatoms. The molecule has 182 valence electrons. The number of nitrogens with one attached hydrogen (secondary N) is 2. The predicted octanol–water partition coefficient (Wildman–Crippen LogP) is 2.54. The van der Waals surface area contributed by atoms with E-state index in [2.05, 4.69) is 41.0 Å². The van der Waals surface area contributed by atoms with Gasteiger partial charge in [0.15, 0.2) is 11.5 Å². The van der Waals surface area contributed by atoms with Crippen LogP contribution < -0.4 is 20.1 Å². The monoisotopic (exact) mass is 470 g/mol. The van der Waals surface area contributed by atoms with Crippen molar-refractivity contribution in [3.63, 3.8) is 0 Å². The summed E-state index contributed by atoms with van der Waals surface area (Å²) in [6.45, 7) is 2.56. The molecular weight excluding hydrogens is 440 g/mol. The average Bonchev–Trinajstić information content (AvgIpc) is 2.86. The molecule has 0 bridgehead atoms. The third-order valence-corrected chi connectivity index (χ3v) is 5.31. The lowest BCUT2D eigenvalue weighted by atomic mass is 9.81. The molecule has 3 rings (SSSR count). The number of carboxylic acid groups (broad SMARTS) is 2. The van der Waals surface area contributed by atoms with Gasteiger partial charge >= 0.3 is 11.9 Å². The van der Waals surface area contributed by atoms with Gasteiger partial charge in [-0.3, -0.25) is 4.79 Å². The van der Waals surface area contributed by atoms with E-state index >= 15 is 0 Å². The molecule has 1 aliphatic rings. The van der Waals surface area contributed by atoms with Crippen molar-refractivity contribution in [1.29, 1.82) is 0 Å². The molecule has 2 atom stereocenters. The summed E-state index contributed by atoms with van der Waals surface area (Å²) in [6.07, 6.45) is 2.22. The number of carbonyl (C=O) groups is 3. The SMILES string of the molecule is CNC(=O)c1ccc(OC[C@@H]2CNCC[C@H]2c2ccccc2)c(OC)c1.O=C(O)/C=C/C(=O)O. The van der Waals surface area contributed by atoms with Crippen LogP contribution in [0.3, 0.4) is 0 Å². The van der Waals surface area contributed by atoms with E-state index in [-0.39, 0.29) is 5.91 Å². The van der Waals surface area contributed by atoms with Gasteiger partial charge in [0.2, 0.25) is 0 Å². The van der Waals surface area contributed by atoms with Gasteiger partial charge in [0.1, 0.15) is 0 Å². The van der Waals surface area contributed by atoms with Gasteiger partial charge < -0.3 is 30.3 Å². The summed E-state index contributed by atoms with van der Waals surface area (Å²) in [5, 5.41) is 21.7. The van der Waals surface area contributed by atoms with Crippen molar-refractivity contribution < 1.29 is 34.1 Å². The lowest BCUT2D eigenvalue weighted by Crippen LogP contribution is -2.38. The Bertz CT molecular complexity index is 976. The summed E-state index contributed by atoms with van der Waals surface area (Å²) in [4.78, 5) is 30.9. The van der Waals surface area contributed by atoms with Crippen molar-refractivity contribution in [2.24, 2.45) is 5.92 Å². The van der Waals surface area contributed by atoms with Crippen LogP contribution in [0.15, 0.2) is 60.7 Å². The van der Waals surface area contributed by atoms with Crippen LogP contribution in [-0.4, -0.2) is 61.9 Å². The second kappa shape index (κ2) is 13.6. The van der Waals surface area contributed by atoms with Gasteiger partial charge in [0, 0.05) is 37.2 Å². The summed E-state index contributed by atoms with van der Waals surface area (Å²) in [5.74, 6) is -0.554. The number of hydrogen-bond donors (Lipinski definition) is 4. The predicted molar refractivity (Wildman–Crippen MR) is 126 cm³/mol. The van der Waals surface area contributed by atoms with Crippen LogP contribution in [0.1, 0.15) is 28.3 Å². The highest BCUT2D eigenvalue weighted by atomic mass is 16.5. The summed E-state index contributed by atoms with van der Waals surface area (Å²) < 4.78 is 11.5. The maximum atomic E-state index is 11.8. The number of hydrogen-bond acceptors (Lipinski definition) is 6. The minimum absolute atomic E-state index is 0.143. The van der Waals surface area contributed by atoms with Crippen molar-refractivity contribution in [1.82, 2.24) is 10.6 Å². The van der Waals surface area contributed by atoms with Gasteiger partial charge in [-0.15, -0.1) is 0 Å². The van der Waals surface area contributed by atoms with Crippen LogP contribution in [-0.2, 0) is 9.59 Å². The Morgan fingerprint density at radius 2 is 1.74 bits per heavy atom. The number of carbonyl (C=O) groups excluding carboxylic acids is 1. The summed E-state index contributed by atoms with van der Waals surface area (Å²) in [7, 11) is 3.20. The molecule has 0 spiro atoms. The Balaban J connectivity index is 0.000000440. The number of benzene rings is 2. The molecule has 0 aromatic heterocycles. The second-order valence-electron chi connectivity index (χ2n) is 7.54. The standard InChI is InChI=1S/C21H26N2O3.C4H4O4/c1-22-21(24)16-8-9-19(20(12-16)25-2)26-14-17-13-23-11-10-18(17)15-6-4-3-5-7-15;5-3(6)1-2-4(7)8/h3-9,12,17-18,23H,10-11,13-14H2,1-2H3,(H,22,24);1-2H,(H,5,6)(H,7,8)/b;2-1+/t17-,18-;/m0./s1. The maximum absolute atomic E-state index is 11.8. The highest BCUT2D eigenvalue weighted by Crippen LogP contribution is 2.33. The maximum Gasteiger partial charge on any atom is 0.328 e. The van der Waals surface area contributed by atoms with Crippen LogP contribution >= 0.6 is 0 Å². The normalized spacial score (nSPS) is 17.2. The van der Waals surface area contributed by atoms with Crippen molar-refractivity contribution in [2.75, 3.05) is 33.9 Å². The highest BCUT2D eigenvalue weighted by Gasteiger charge is 2.27. The molecule has 2 aromatic carbocycles. The lowest BCUT2D eigenvalue weighted by Gasteiger charge is -2.32. The second-order valence-corrected chi connectivity index (χ2v) is 7.54. The van der Waals surface area contributed by atoms with E-state index < -0.39 is 11.9 Å². The zero-order chi connectivity index (χ0) is 24.9. The Kier molecular flexibility index (Phi) is 10.6. The molecule has 0 unspecified atom stereocenters. The van der Waals surface area contributed by atoms with Gasteiger partial charge in [-0.1, -0.05) is 30.3 Å². The van der Waals surface area contributed by atoms with E-state index in [0.717, 1.165) is 19.5 Å². The molecule has 1 heterocycles. The fraction of sp³-hybridized carbons (Fsp3) is 0.320. The fourth-order valence-electron chi connectivity index (χ4n) is 3.65. The highest BCUT2D eigenvalue weighted by molar-refractivity contribution is 5.94. The molecule has 4 N–H and O–H groups in total. The molecular formula is C25H30N2O7. The largest absolute Gasteiger partial charge is 0.493 e. The van der Waals surface area contributed by atoms with Gasteiger partial charge in [-0.05, 0) is 42.6 Å². The molecule has 9 nitrogen and oxygen atoms in total. The van der Waals surface area contributed by atoms with Crippen molar-refractivity contribution in [3.8, 4) is 11.5 Å². The van der Waals surface area contributed by atoms with E-state index in [1.54, 1.807) is 32.4 Å². The summed E-state index contributed by atoms with van der Waals surface area (Å²) >= 11 is 0. The van der Waals surface area contributed by atoms with E-state index in [9.17, 15) is 14.4 Å². The van der Waals surface area contributed by atoms with E-state index in [0.29, 0.717) is 47.7 Å². The van der Waals surface area contributed by atoms with Crippen LogP contribution in [0, 0.1) is 5.92 Å². The quantitative estimate of drug-likeness (QED) is 0.433. The topological polar surface area (TPSA) is 134 Å². The van der Waals surface area contributed by atoms with Crippen molar-refractivity contribution in [3.05, 3.63) is 71.8 Å². The zero-order valence-electron chi connectivity index (χ0n) is 19.2. The molecule has 1 fully saturated rings. The molecule has 0 aliphatic carbocycles. The number of rotatable bonds is 8. The lowest BCUT2D eigenvalue weighted by molar-refractivity contribution is -0.134. The minimum atomic E-state index is -1.26. The zero-order valence-corrected chi connectivity index (χ0v) is 19.2. The number of piperidine rings is 1. The Labute approximate surface area is 198 Å². The molecule has 1 amide bonds. The smallest absolute Gasteiger partial charge is 0.328 e. The van der Waals surface area contributed by atoms with Gasteiger partial charge in [0.05, 0.1) is 13.7 Å². The van der Waals surface area contributed by atoms with Crippen LogP contribution in [0.5, 0.6) is 11.5 Å². The fourth-order valence-corrected chi connectivity index (χ4v) is 3.65. The Hall–Kier alpha value is -3.85. The summed E-state index contributed by atoms with van der Waals surface area (Å²) in [6, 6.07) is 15.9. The third-order valence-electron chi connectivity index (χ3n) is 5.31. The number of aliphatic carboxylic acids is 2.